The molecule has 0 unspecified atom stereocenters. The summed E-state index contributed by atoms with van der Waals surface area (Å²) in [7, 11) is 1.73. The Morgan fingerprint density at radius 3 is 2.50 bits per heavy atom. The van der Waals surface area contributed by atoms with Crippen molar-refractivity contribution in [3.8, 4) is 0 Å². The summed E-state index contributed by atoms with van der Waals surface area (Å²) >= 11 is 0. The summed E-state index contributed by atoms with van der Waals surface area (Å²) in [5.41, 5.74) is 0. The Balaban J connectivity index is 2.75. The first-order valence-corrected chi connectivity index (χ1v) is 5.69. The van der Waals surface area contributed by atoms with Crippen LogP contribution in [0.1, 0.15) is 26.7 Å². The van der Waals surface area contributed by atoms with Gasteiger partial charge in [-0.1, -0.05) is 13.8 Å². The van der Waals surface area contributed by atoms with E-state index in [1.165, 1.54) is 4.90 Å². The molecule has 0 aliphatic carbocycles. The number of carboxylic acids is 1. The highest BCUT2D eigenvalue weighted by molar-refractivity contribution is 5.87. The summed E-state index contributed by atoms with van der Waals surface area (Å²) in [5, 5.41) is 12.0. The van der Waals surface area contributed by atoms with E-state index in [1.807, 2.05) is 13.8 Å². The third-order valence-corrected chi connectivity index (χ3v) is 3.06. The Bertz CT molecular complexity index is 278. The van der Waals surface area contributed by atoms with Crippen molar-refractivity contribution in [1.29, 1.82) is 0 Å². The van der Waals surface area contributed by atoms with Crippen LogP contribution in [0.2, 0.25) is 0 Å². The Kier molecular flexibility index (Phi) is 4.29. The molecule has 1 saturated heterocycles. The zero-order valence-electron chi connectivity index (χ0n) is 10.1. The lowest BCUT2D eigenvalue weighted by Crippen LogP contribution is -2.51. The second-order valence-corrected chi connectivity index (χ2v) is 4.54. The molecule has 2 N–H and O–H groups in total. The number of amides is 1. The van der Waals surface area contributed by atoms with Crippen LogP contribution < -0.4 is 5.32 Å². The molecule has 1 fully saturated rings. The maximum atomic E-state index is 12.1. The van der Waals surface area contributed by atoms with Crippen molar-refractivity contribution in [3.63, 3.8) is 0 Å². The number of nitrogens with one attached hydrogen (secondary N) is 1. The first-order valence-electron chi connectivity index (χ1n) is 5.69. The smallest absolute Gasteiger partial charge is 0.326 e. The molecule has 1 heterocycles. The minimum Gasteiger partial charge on any atom is -0.480 e. The lowest BCUT2D eigenvalue weighted by molar-refractivity contribution is -0.149. The second kappa shape index (κ2) is 5.30. The van der Waals surface area contributed by atoms with Crippen LogP contribution in [0.3, 0.4) is 0 Å². The zero-order chi connectivity index (χ0) is 12.3. The molecular weight excluding hydrogens is 208 g/mol. The van der Waals surface area contributed by atoms with Crippen LogP contribution in [0.4, 0.5) is 0 Å². The number of likely N-dealkylation sites (tertiary alicyclic amines) is 1. The van der Waals surface area contributed by atoms with Gasteiger partial charge in [-0.05, 0) is 25.8 Å². The van der Waals surface area contributed by atoms with Crippen molar-refractivity contribution in [3.05, 3.63) is 0 Å². The van der Waals surface area contributed by atoms with Crippen LogP contribution >= 0.6 is 0 Å². The molecule has 1 aliphatic rings. The molecule has 0 bridgehead atoms. The van der Waals surface area contributed by atoms with Gasteiger partial charge in [-0.15, -0.1) is 0 Å². The number of hydrogen-bond donors (Lipinski definition) is 2. The highest BCUT2D eigenvalue weighted by Crippen LogP contribution is 2.20. The Labute approximate surface area is 95.8 Å². The third-order valence-electron chi connectivity index (χ3n) is 3.06. The van der Waals surface area contributed by atoms with Gasteiger partial charge >= 0.3 is 5.97 Å². The van der Waals surface area contributed by atoms with Gasteiger partial charge in [-0.25, -0.2) is 4.79 Å². The van der Waals surface area contributed by atoms with Gasteiger partial charge in [0.1, 0.15) is 6.04 Å². The molecule has 0 spiro atoms. The van der Waals surface area contributed by atoms with Gasteiger partial charge < -0.3 is 15.3 Å². The predicted octanol–water partition coefficient (Wildman–Crippen LogP) is 0.306. The van der Waals surface area contributed by atoms with Crippen LogP contribution in [0.5, 0.6) is 0 Å². The van der Waals surface area contributed by atoms with E-state index in [-0.39, 0.29) is 17.9 Å². The average Bonchev–Trinajstić information content (AvgIpc) is 2.65. The maximum absolute atomic E-state index is 12.1. The van der Waals surface area contributed by atoms with Crippen LogP contribution in [0, 0.1) is 5.92 Å². The number of likely N-dealkylation sites (N-methyl/N-ethyl adjacent to an activating group) is 1. The largest absolute Gasteiger partial charge is 0.480 e. The number of nitrogens with zero attached hydrogens (tertiary/aromatic N) is 1. The van der Waals surface area contributed by atoms with Crippen molar-refractivity contribution in [2.24, 2.45) is 5.92 Å². The van der Waals surface area contributed by atoms with Gasteiger partial charge in [-0.2, -0.15) is 0 Å². The molecular formula is C11H20N2O3. The molecule has 5 nitrogen and oxygen atoms in total. The minimum atomic E-state index is -0.899. The van der Waals surface area contributed by atoms with E-state index in [9.17, 15) is 9.59 Å². The molecule has 0 aromatic heterocycles. The van der Waals surface area contributed by atoms with Crippen LogP contribution in [0.25, 0.3) is 0 Å². The minimum absolute atomic E-state index is 0.0950. The molecule has 1 rings (SSSR count). The second-order valence-electron chi connectivity index (χ2n) is 4.54. The third kappa shape index (κ3) is 2.52. The molecule has 2 atom stereocenters. The summed E-state index contributed by atoms with van der Waals surface area (Å²) in [6, 6.07) is -0.929. The fraction of sp³-hybridized carbons (Fsp3) is 0.818. The monoisotopic (exact) mass is 228 g/mol. The van der Waals surface area contributed by atoms with Crippen LogP contribution in [0.15, 0.2) is 0 Å². The number of hydrogen-bond acceptors (Lipinski definition) is 3. The van der Waals surface area contributed by atoms with E-state index in [2.05, 4.69) is 5.32 Å². The Morgan fingerprint density at radius 1 is 1.44 bits per heavy atom. The van der Waals surface area contributed by atoms with E-state index >= 15 is 0 Å². The van der Waals surface area contributed by atoms with E-state index in [4.69, 9.17) is 5.11 Å². The quantitative estimate of drug-likeness (QED) is 0.726. The fourth-order valence-electron chi connectivity index (χ4n) is 2.21. The molecule has 0 radical (unpaired) electrons. The number of rotatable bonds is 4. The van der Waals surface area contributed by atoms with Gasteiger partial charge in [0.25, 0.3) is 0 Å². The number of carbonyl (C=O) groups is 2. The summed E-state index contributed by atoms with van der Waals surface area (Å²) in [6.07, 6.45) is 1.34. The molecule has 5 heteroatoms. The van der Waals surface area contributed by atoms with E-state index in [0.29, 0.717) is 13.0 Å². The van der Waals surface area contributed by atoms with Gasteiger partial charge in [0, 0.05) is 6.54 Å². The van der Waals surface area contributed by atoms with E-state index < -0.39 is 12.0 Å². The summed E-state index contributed by atoms with van der Waals surface area (Å²) < 4.78 is 0. The van der Waals surface area contributed by atoms with Crippen molar-refractivity contribution in [2.45, 2.75) is 38.8 Å². The summed E-state index contributed by atoms with van der Waals surface area (Å²) in [5.74, 6) is -0.834. The maximum Gasteiger partial charge on any atom is 0.326 e. The van der Waals surface area contributed by atoms with Gasteiger partial charge in [-0.3, -0.25) is 4.79 Å². The topological polar surface area (TPSA) is 69.6 Å². The molecule has 16 heavy (non-hydrogen) atoms. The normalized spacial score (nSPS) is 22.5. The van der Waals surface area contributed by atoms with Crippen molar-refractivity contribution >= 4 is 11.9 Å². The fourth-order valence-corrected chi connectivity index (χ4v) is 2.21. The number of aliphatic carboxylic acids is 1. The van der Waals surface area contributed by atoms with Crippen molar-refractivity contribution < 1.29 is 14.7 Å². The molecule has 1 amide bonds. The SMILES string of the molecule is CN[C@@H](C(=O)N1CCC[C@H]1C(=O)O)C(C)C. The average molecular weight is 228 g/mol. The number of carboxylic acid groups (broad SMARTS) is 1. The van der Waals surface area contributed by atoms with Crippen molar-refractivity contribution in [2.75, 3.05) is 13.6 Å². The predicted molar refractivity (Wildman–Crippen MR) is 60.1 cm³/mol. The zero-order valence-corrected chi connectivity index (χ0v) is 10.1. The first kappa shape index (κ1) is 13.0. The molecule has 0 aromatic rings. The van der Waals surface area contributed by atoms with E-state index in [1.54, 1.807) is 7.05 Å². The highest BCUT2D eigenvalue weighted by Gasteiger charge is 2.37. The summed E-state index contributed by atoms with van der Waals surface area (Å²) in [4.78, 5) is 24.6. The first-order chi connectivity index (χ1) is 7.49. The molecule has 0 saturated carbocycles. The lowest BCUT2D eigenvalue weighted by Gasteiger charge is -2.28. The van der Waals surface area contributed by atoms with Gasteiger partial charge in [0.2, 0.25) is 5.91 Å². The van der Waals surface area contributed by atoms with Gasteiger partial charge in [0.05, 0.1) is 6.04 Å². The van der Waals surface area contributed by atoms with Gasteiger partial charge in [0.15, 0.2) is 0 Å². The van der Waals surface area contributed by atoms with Crippen LogP contribution in [-0.2, 0) is 9.59 Å². The Morgan fingerprint density at radius 2 is 2.06 bits per heavy atom. The highest BCUT2D eigenvalue weighted by atomic mass is 16.4. The molecule has 92 valence electrons. The molecule has 1 aliphatic heterocycles. The lowest BCUT2D eigenvalue weighted by atomic mass is 10.0. The van der Waals surface area contributed by atoms with E-state index in [0.717, 1.165) is 6.42 Å². The standard InChI is InChI=1S/C11H20N2O3/c1-7(2)9(12-3)10(14)13-6-4-5-8(13)11(15)16/h7-9,12H,4-6H2,1-3H3,(H,15,16)/t8-,9+/m0/s1. The number of carbonyl (C=O) groups excluding carboxylic acids is 1. The molecule has 0 aromatic carbocycles. The van der Waals surface area contributed by atoms with Crippen molar-refractivity contribution in [1.82, 2.24) is 10.2 Å². The Hall–Kier alpha value is -1.10. The summed E-state index contributed by atoms with van der Waals surface area (Å²) in [6.45, 7) is 4.45. The van der Waals surface area contributed by atoms with Crippen LogP contribution in [-0.4, -0.2) is 47.6 Å².